The van der Waals surface area contributed by atoms with Crippen molar-refractivity contribution in [2.24, 2.45) is 23.2 Å². The van der Waals surface area contributed by atoms with Gasteiger partial charge < -0.3 is 33.7 Å². The lowest BCUT2D eigenvalue weighted by Gasteiger charge is -2.36. The van der Waals surface area contributed by atoms with Crippen LogP contribution in [0.3, 0.4) is 0 Å². The van der Waals surface area contributed by atoms with Crippen molar-refractivity contribution in [3.8, 4) is 22.5 Å². The number of hydrazine groups is 1. The van der Waals surface area contributed by atoms with Crippen LogP contribution in [-0.4, -0.2) is 138 Å². The first-order valence-electron chi connectivity index (χ1n) is 27.3. The van der Waals surface area contributed by atoms with Crippen LogP contribution in [-0.2, 0) is 64.2 Å². The Labute approximate surface area is 458 Å². The molecule has 5 aromatic rings. The van der Waals surface area contributed by atoms with Crippen molar-refractivity contribution >= 4 is 63.2 Å². The van der Waals surface area contributed by atoms with Gasteiger partial charge in [-0.3, -0.25) is 34.0 Å². The van der Waals surface area contributed by atoms with E-state index in [1.165, 1.54) is 21.2 Å². The highest BCUT2D eigenvalue weighted by molar-refractivity contribution is 7.89. The van der Waals surface area contributed by atoms with E-state index in [0.717, 1.165) is 63.1 Å². The van der Waals surface area contributed by atoms with E-state index < -0.39 is 64.6 Å². The van der Waals surface area contributed by atoms with E-state index in [-0.39, 0.29) is 49.5 Å². The number of ether oxygens (including phenoxy) is 2. The van der Waals surface area contributed by atoms with Gasteiger partial charge in [-0.1, -0.05) is 51.5 Å². The van der Waals surface area contributed by atoms with Crippen LogP contribution in [0.5, 0.6) is 0 Å². The lowest BCUT2D eigenvalue weighted by Crippen LogP contribution is -2.62. The molecule has 17 nitrogen and oxygen atoms in total. The number of nitrogens with one attached hydrogen (secondary N) is 2. The molecule has 3 aromatic heterocycles. The fourth-order valence-electron chi connectivity index (χ4n) is 11.9. The van der Waals surface area contributed by atoms with Gasteiger partial charge in [0.25, 0.3) is 5.91 Å². The molecule has 410 valence electrons. The predicted molar refractivity (Wildman–Crippen MR) is 295 cm³/mol. The van der Waals surface area contributed by atoms with Crippen LogP contribution in [0.1, 0.15) is 102 Å². The number of methoxy groups -OCH3 is 1. The minimum absolute atomic E-state index is 0.0545. The number of hydrogen-bond donors (Lipinski definition) is 2. The Hall–Kier alpha value is -5.70. The van der Waals surface area contributed by atoms with Gasteiger partial charge >= 0.3 is 5.97 Å². The molecule has 0 radical (unpaired) electrons. The van der Waals surface area contributed by atoms with E-state index in [9.17, 15) is 28.5 Å². The molecule has 2 unspecified atom stereocenters. The maximum absolute atomic E-state index is 14.8. The van der Waals surface area contributed by atoms with Gasteiger partial charge in [-0.2, -0.15) is 0 Å². The van der Waals surface area contributed by atoms with Crippen LogP contribution in [0.2, 0.25) is 0 Å². The highest BCUT2D eigenvalue weighted by Gasteiger charge is 2.67. The van der Waals surface area contributed by atoms with Gasteiger partial charge in [0, 0.05) is 85.8 Å². The van der Waals surface area contributed by atoms with E-state index in [1.54, 1.807) is 25.3 Å². The van der Waals surface area contributed by atoms with Gasteiger partial charge in [-0.25, -0.2) is 10.4 Å². The van der Waals surface area contributed by atoms with E-state index in [4.69, 9.17) is 19.4 Å². The first kappa shape index (κ1) is 54.6. The zero-order valence-corrected chi connectivity index (χ0v) is 47.4. The number of likely N-dealkylation sites (tertiary alicyclic amines) is 1. The summed E-state index contributed by atoms with van der Waals surface area (Å²) in [6, 6.07) is 14.5. The second kappa shape index (κ2) is 22.2. The topological polar surface area (TPSA) is 194 Å². The van der Waals surface area contributed by atoms with Crippen molar-refractivity contribution in [1.82, 2.24) is 44.4 Å². The number of esters is 1. The Kier molecular flexibility index (Phi) is 15.8. The lowest BCUT2D eigenvalue weighted by molar-refractivity contribution is -0.155. The smallest absolute Gasteiger partial charge is 0.324 e. The summed E-state index contributed by atoms with van der Waals surface area (Å²) in [6.07, 6.45) is 5.54. The van der Waals surface area contributed by atoms with Crippen molar-refractivity contribution in [1.29, 1.82) is 0 Å². The molecule has 4 aliphatic heterocycles. The standard InChI is InChI=1S/C58H73N9O8S2/c1-10-65-46-22-19-37-27-41(46)42(51(65)40-13-11-24-59-48(40)35(5)74-9)29-58(6,7)32-75-57(72)43-14-12-25-66(62-43)55(70)44(28-47-60-45(37)31-76-47)61-53(68)49(33(2)3)63(8)54(69)38-23-26-64(30-38)56(71)52-50(36-17-18-36)67(52)77(73)39-20-15-34(4)16-21-39/h11,13,15-16,19-22,24,27,31,33,35-36,38,43-44,49-50,52,62H,10,12,14,17-18,23,25-26,28-30,32H2,1-9H3,(H,61,68)/t35-,38-,43-,44-,49-,50+,52+,67?,77?/m0/s1. The summed E-state index contributed by atoms with van der Waals surface area (Å²) in [6.45, 7) is 15.7. The van der Waals surface area contributed by atoms with E-state index >= 15 is 0 Å². The Bertz CT molecular complexity index is 3050. The summed E-state index contributed by atoms with van der Waals surface area (Å²) < 4.78 is 29.9. The largest absolute Gasteiger partial charge is 0.593 e. The van der Waals surface area contributed by atoms with E-state index in [1.807, 2.05) is 67.7 Å². The second-order valence-corrected chi connectivity index (χ2v) is 25.2. The number of rotatable bonds is 13. The fraction of sp³-hybridized carbons (Fsp3) is 0.534. The van der Waals surface area contributed by atoms with Gasteiger partial charge in [-0.15, -0.1) is 15.6 Å². The Morgan fingerprint density at radius 1 is 1.05 bits per heavy atom. The Balaban J connectivity index is 0.909. The third-order valence-corrected chi connectivity index (χ3v) is 18.6. The van der Waals surface area contributed by atoms with Crippen molar-refractivity contribution in [3.05, 3.63) is 88.0 Å². The maximum atomic E-state index is 14.8. The van der Waals surface area contributed by atoms with Gasteiger partial charge in [0.2, 0.25) is 17.7 Å². The molecule has 4 fully saturated rings. The summed E-state index contributed by atoms with van der Waals surface area (Å²) in [4.78, 5) is 86.1. The van der Waals surface area contributed by atoms with Gasteiger partial charge in [0.15, 0.2) is 10.9 Å². The molecular weight excluding hydrogens is 1010 g/mol. The zero-order valence-electron chi connectivity index (χ0n) is 45.7. The summed E-state index contributed by atoms with van der Waals surface area (Å²) in [5, 5.41) is 8.12. The predicted octanol–water partition coefficient (Wildman–Crippen LogP) is 7.03. The number of thiazole rings is 1. The van der Waals surface area contributed by atoms with E-state index in [2.05, 4.69) is 60.3 Å². The Morgan fingerprint density at radius 2 is 1.82 bits per heavy atom. The summed E-state index contributed by atoms with van der Waals surface area (Å²) >= 11 is -0.0782. The second-order valence-electron chi connectivity index (χ2n) is 22.9. The van der Waals surface area contributed by atoms with Crippen LogP contribution in [0.25, 0.3) is 33.4 Å². The summed E-state index contributed by atoms with van der Waals surface area (Å²) in [5.74, 6) is -2.35. The number of amides is 4. The highest BCUT2D eigenvalue weighted by Crippen LogP contribution is 2.51. The molecule has 7 heterocycles. The van der Waals surface area contributed by atoms with Crippen LogP contribution < -0.4 is 10.7 Å². The van der Waals surface area contributed by atoms with E-state index in [0.29, 0.717) is 61.1 Å². The zero-order chi connectivity index (χ0) is 54.6. The number of likely N-dealkylation sites (N-methyl/N-ethyl adjacent to an activating group) is 1. The molecule has 2 N–H and O–H groups in total. The first-order valence-corrected chi connectivity index (χ1v) is 29.3. The first-order chi connectivity index (χ1) is 36.9. The third-order valence-electron chi connectivity index (χ3n) is 16.2. The van der Waals surface area contributed by atoms with Crippen LogP contribution >= 0.6 is 11.3 Å². The van der Waals surface area contributed by atoms with Crippen molar-refractivity contribution in [2.45, 2.75) is 141 Å². The van der Waals surface area contributed by atoms with Crippen molar-refractivity contribution < 1.29 is 38.0 Å². The number of aromatic nitrogens is 3. The van der Waals surface area contributed by atoms with Gasteiger partial charge in [0.1, 0.15) is 18.1 Å². The van der Waals surface area contributed by atoms with Gasteiger partial charge in [-0.05, 0) is 113 Å². The molecule has 5 aliphatic rings. The molecule has 9 atom stereocenters. The quantitative estimate of drug-likeness (QED) is 0.0696. The molecule has 2 aromatic carbocycles. The number of pyridine rings is 1. The number of cyclic esters (lactones) is 1. The SMILES string of the molecule is CCn1c(-c2cccnc2[C@H](C)OC)c2c3cc(ccc31)-c1csc(n1)C[C@H](NC(=O)[C@H](C(C)C)N(C)C(=O)[C@H]1CCN(C(=O)[C@H]3[C@@H](C4CC4)N3[S+]([O-])c3ccc(C)cc3)C1)C(=O)N1CCC[C@H](N1)C(=O)OCC(C)(C)C2. The molecule has 0 spiro atoms. The molecule has 6 bridgehead atoms. The molecule has 4 amide bonds. The number of carbonyl (C=O) groups is 5. The molecular formula is C58H73N9O8S2. The monoisotopic (exact) mass is 1090 g/mol. The minimum atomic E-state index is -1.48. The normalized spacial score (nSPS) is 24.8. The van der Waals surface area contributed by atoms with Crippen LogP contribution in [0.4, 0.5) is 0 Å². The maximum Gasteiger partial charge on any atom is 0.324 e. The van der Waals surface area contributed by atoms with Crippen LogP contribution in [0.15, 0.2) is 71.1 Å². The summed E-state index contributed by atoms with van der Waals surface area (Å²) in [5.41, 5.74) is 10.3. The average molecular weight is 1090 g/mol. The van der Waals surface area contributed by atoms with Crippen molar-refractivity contribution in [2.75, 3.05) is 40.4 Å². The number of carbonyl (C=O) groups excluding carboxylic acids is 5. The van der Waals surface area contributed by atoms with Crippen LogP contribution in [0, 0.1) is 30.1 Å². The Morgan fingerprint density at radius 3 is 2.53 bits per heavy atom. The number of benzene rings is 2. The highest BCUT2D eigenvalue weighted by atomic mass is 32.2. The minimum Gasteiger partial charge on any atom is -0.593 e. The van der Waals surface area contributed by atoms with Crippen molar-refractivity contribution in [3.63, 3.8) is 0 Å². The average Bonchev–Trinajstić information content (AvgIpc) is 4.45. The number of fused-ring (bicyclic) bond motifs is 6. The molecule has 19 heteroatoms. The lowest BCUT2D eigenvalue weighted by atomic mass is 9.84. The fourth-order valence-corrected chi connectivity index (χ4v) is 14.2. The summed E-state index contributed by atoms with van der Waals surface area (Å²) in [7, 11) is 3.30. The van der Waals surface area contributed by atoms with Gasteiger partial charge in [0.05, 0.1) is 58.1 Å². The number of hydrogen-bond acceptors (Lipinski definition) is 13. The molecule has 3 saturated heterocycles. The molecule has 77 heavy (non-hydrogen) atoms. The number of aryl methyl sites for hydroxylation is 2. The number of nitrogens with zero attached hydrogens (tertiary/aromatic N) is 7. The third kappa shape index (κ3) is 11.0. The molecule has 10 rings (SSSR count). The molecule has 1 aliphatic carbocycles. The molecule has 1 saturated carbocycles.